The second kappa shape index (κ2) is 9.59. The molecule has 0 radical (unpaired) electrons. The Hall–Kier alpha value is -1.29. The molecule has 0 spiro atoms. The van der Waals surface area contributed by atoms with Gasteiger partial charge in [0, 0.05) is 31.9 Å². The van der Waals surface area contributed by atoms with Gasteiger partial charge in [0.25, 0.3) is 0 Å². The van der Waals surface area contributed by atoms with Crippen molar-refractivity contribution in [2.75, 3.05) is 44.8 Å². The Morgan fingerprint density at radius 1 is 1.19 bits per heavy atom. The zero-order valence-corrected chi connectivity index (χ0v) is 16.8. The van der Waals surface area contributed by atoms with Crippen LogP contribution in [0, 0.1) is 0 Å². The molecule has 10 heteroatoms. The Labute approximate surface area is 162 Å². The number of ether oxygens (including phenoxy) is 1. The number of carbonyl (C=O) groups is 2. The zero-order valence-electron chi connectivity index (χ0n) is 14.4. The number of carbonyl (C=O) groups excluding carboxylic acids is 2. The first kappa shape index (κ1) is 21.0. The highest BCUT2D eigenvalue weighted by Crippen LogP contribution is 2.25. The average molecular weight is 421 g/mol. The highest BCUT2D eigenvalue weighted by molar-refractivity contribution is 7.99. The molecule has 1 aromatic rings. The van der Waals surface area contributed by atoms with Gasteiger partial charge in [0.15, 0.2) is 0 Å². The fraction of sp³-hybridized carbons (Fsp3) is 0.500. The molecule has 0 aromatic heterocycles. The van der Waals surface area contributed by atoms with Crippen LogP contribution in [0.4, 0.5) is 0 Å². The van der Waals surface area contributed by atoms with Crippen LogP contribution in [-0.2, 0) is 24.3 Å². The topological polar surface area (TPSA) is 84.0 Å². The lowest BCUT2D eigenvalue weighted by atomic mass is 10.3. The van der Waals surface area contributed by atoms with E-state index in [1.807, 2.05) is 0 Å². The van der Waals surface area contributed by atoms with E-state index in [4.69, 9.17) is 11.6 Å². The minimum Gasteiger partial charge on any atom is -0.469 e. The lowest BCUT2D eigenvalue weighted by Crippen LogP contribution is -2.51. The standard InChI is InChI=1S/C16H21ClN2O5S2/c1-24-16(21)6-11-25-12-15(20)18-7-9-19(10-8-18)26(22,23)14-5-3-2-4-13(14)17/h2-5H,6-12H2,1H3. The number of sulfonamides is 1. The summed E-state index contributed by atoms with van der Waals surface area (Å²) in [5, 5.41) is 0.188. The van der Waals surface area contributed by atoms with Crippen molar-refractivity contribution in [3.8, 4) is 0 Å². The van der Waals surface area contributed by atoms with Gasteiger partial charge in [0.1, 0.15) is 4.90 Å². The first-order chi connectivity index (χ1) is 12.4. The molecule has 0 unspecified atom stereocenters. The number of halogens is 1. The van der Waals surface area contributed by atoms with E-state index in [1.165, 1.54) is 29.2 Å². The minimum atomic E-state index is -3.67. The third-order valence-electron chi connectivity index (χ3n) is 3.95. The fourth-order valence-electron chi connectivity index (χ4n) is 2.48. The van der Waals surface area contributed by atoms with E-state index >= 15 is 0 Å². The molecule has 26 heavy (non-hydrogen) atoms. The number of methoxy groups -OCH3 is 1. The van der Waals surface area contributed by atoms with Crippen LogP contribution in [0.5, 0.6) is 0 Å². The van der Waals surface area contributed by atoms with Crippen LogP contribution >= 0.6 is 23.4 Å². The summed E-state index contributed by atoms with van der Waals surface area (Å²) in [5.74, 6) is 0.408. The van der Waals surface area contributed by atoms with Crippen molar-refractivity contribution >= 4 is 45.3 Å². The van der Waals surface area contributed by atoms with E-state index in [2.05, 4.69) is 4.74 Å². The molecule has 1 amide bonds. The summed E-state index contributed by atoms with van der Waals surface area (Å²) in [6.45, 7) is 1.12. The second-order valence-corrected chi connectivity index (χ2v) is 9.01. The third-order valence-corrected chi connectivity index (χ3v) is 7.29. The van der Waals surface area contributed by atoms with E-state index in [9.17, 15) is 18.0 Å². The number of amides is 1. The van der Waals surface area contributed by atoms with Crippen molar-refractivity contribution in [1.82, 2.24) is 9.21 Å². The molecule has 0 saturated carbocycles. The predicted molar refractivity (Wildman–Crippen MR) is 101 cm³/mol. The molecule has 144 valence electrons. The summed E-state index contributed by atoms with van der Waals surface area (Å²) in [7, 11) is -2.34. The van der Waals surface area contributed by atoms with Crippen molar-refractivity contribution in [2.45, 2.75) is 11.3 Å². The Kier molecular flexibility index (Phi) is 7.75. The van der Waals surface area contributed by atoms with Gasteiger partial charge in [-0.15, -0.1) is 0 Å². The van der Waals surface area contributed by atoms with E-state index < -0.39 is 10.0 Å². The smallest absolute Gasteiger partial charge is 0.306 e. The van der Waals surface area contributed by atoms with E-state index in [0.717, 1.165) is 0 Å². The zero-order chi connectivity index (χ0) is 19.2. The monoisotopic (exact) mass is 420 g/mol. The predicted octanol–water partition coefficient (Wildman–Crippen LogP) is 1.47. The van der Waals surface area contributed by atoms with Gasteiger partial charge in [0.2, 0.25) is 15.9 Å². The Morgan fingerprint density at radius 3 is 2.46 bits per heavy atom. The van der Waals surface area contributed by atoms with Crippen molar-refractivity contribution in [3.05, 3.63) is 29.3 Å². The van der Waals surface area contributed by atoms with Crippen LogP contribution in [-0.4, -0.2) is 74.3 Å². The number of piperazine rings is 1. The normalized spacial score (nSPS) is 15.7. The quantitative estimate of drug-likeness (QED) is 0.490. The second-order valence-electron chi connectivity index (χ2n) is 5.59. The summed E-state index contributed by atoms with van der Waals surface area (Å²) >= 11 is 7.37. The molecule has 1 heterocycles. The van der Waals surface area contributed by atoms with Crippen LogP contribution in [0.15, 0.2) is 29.2 Å². The molecule has 1 fully saturated rings. The number of nitrogens with zero attached hydrogens (tertiary/aromatic N) is 2. The summed E-state index contributed by atoms with van der Waals surface area (Å²) in [4.78, 5) is 24.9. The summed E-state index contributed by atoms with van der Waals surface area (Å²) < 4.78 is 31.2. The van der Waals surface area contributed by atoms with Crippen molar-refractivity contribution < 1.29 is 22.7 Å². The molecule has 0 N–H and O–H groups in total. The van der Waals surface area contributed by atoms with Crippen molar-refractivity contribution in [2.24, 2.45) is 0 Å². The van der Waals surface area contributed by atoms with Gasteiger partial charge in [-0.05, 0) is 12.1 Å². The van der Waals surface area contributed by atoms with Crippen LogP contribution in [0.25, 0.3) is 0 Å². The number of hydrogen-bond acceptors (Lipinski definition) is 6. The SMILES string of the molecule is COC(=O)CCSCC(=O)N1CCN(S(=O)(=O)c2ccccc2Cl)CC1. The fourth-order valence-corrected chi connectivity index (χ4v) is 5.21. The average Bonchev–Trinajstić information content (AvgIpc) is 2.65. The number of benzene rings is 1. The molecular weight excluding hydrogens is 400 g/mol. The third kappa shape index (κ3) is 5.35. The highest BCUT2D eigenvalue weighted by Gasteiger charge is 2.31. The maximum absolute atomic E-state index is 12.7. The maximum atomic E-state index is 12.7. The first-order valence-corrected chi connectivity index (χ1v) is 11.0. The molecular formula is C16H21ClN2O5S2. The molecule has 7 nitrogen and oxygen atoms in total. The van der Waals surface area contributed by atoms with E-state index in [-0.39, 0.29) is 47.1 Å². The van der Waals surface area contributed by atoms with Crippen molar-refractivity contribution in [1.29, 1.82) is 0 Å². The van der Waals surface area contributed by atoms with Gasteiger partial charge < -0.3 is 9.64 Å². The largest absolute Gasteiger partial charge is 0.469 e. The molecule has 0 aliphatic carbocycles. The van der Waals surface area contributed by atoms with Gasteiger partial charge in [-0.2, -0.15) is 16.1 Å². The van der Waals surface area contributed by atoms with Gasteiger partial charge >= 0.3 is 5.97 Å². The summed E-state index contributed by atoms with van der Waals surface area (Å²) in [6, 6.07) is 6.33. The number of thioether (sulfide) groups is 1. The van der Waals surface area contributed by atoms with Gasteiger partial charge in [0.05, 0.1) is 24.3 Å². The van der Waals surface area contributed by atoms with E-state index in [0.29, 0.717) is 18.8 Å². The molecule has 1 aliphatic rings. The lowest BCUT2D eigenvalue weighted by molar-refractivity contribution is -0.140. The Bertz CT molecular complexity index is 749. The minimum absolute atomic E-state index is 0.0605. The molecule has 1 aromatic carbocycles. The van der Waals surface area contributed by atoms with Crippen LogP contribution in [0.3, 0.4) is 0 Å². The Balaban J connectivity index is 1.84. The summed E-state index contributed by atoms with van der Waals surface area (Å²) in [5.41, 5.74) is 0. The molecule has 0 bridgehead atoms. The molecule has 1 saturated heterocycles. The lowest BCUT2D eigenvalue weighted by Gasteiger charge is -2.34. The number of hydrogen-bond donors (Lipinski definition) is 0. The van der Waals surface area contributed by atoms with Gasteiger partial charge in [-0.25, -0.2) is 8.42 Å². The first-order valence-electron chi connectivity index (χ1n) is 8.03. The van der Waals surface area contributed by atoms with Crippen LogP contribution < -0.4 is 0 Å². The molecule has 2 rings (SSSR count). The van der Waals surface area contributed by atoms with E-state index in [1.54, 1.807) is 23.1 Å². The Morgan fingerprint density at radius 2 is 1.85 bits per heavy atom. The number of esters is 1. The van der Waals surface area contributed by atoms with Crippen LogP contribution in [0.1, 0.15) is 6.42 Å². The highest BCUT2D eigenvalue weighted by atomic mass is 35.5. The summed E-state index contributed by atoms with van der Waals surface area (Å²) in [6.07, 6.45) is 0.262. The van der Waals surface area contributed by atoms with Gasteiger partial charge in [-0.1, -0.05) is 23.7 Å². The van der Waals surface area contributed by atoms with Gasteiger partial charge in [-0.3, -0.25) is 9.59 Å². The number of rotatable bonds is 7. The molecule has 1 aliphatic heterocycles. The van der Waals surface area contributed by atoms with Crippen molar-refractivity contribution in [3.63, 3.8) is 0 Å². The molecule has 0 atom stereocenters. The van der Waals surface area contributed by atoms with Crippen LogP contribution in [0.2, 0.25) is 5.02 Å². The maximum Gasteiger partial charge on any atom is 0.306 e.